The fraction of sp³-hybridized carbons (Fsp3) is 0.353. The Morgan fingerprint density at radius 1 is 1.32 bits per heavy atom. The van der Waals surface area contributed by atoms with Crippen LogP contribution in [-0.4, -0.2) is 53.4 Å². The maximum atomic E-state index is 12.2. The van der Waals surface area contributed by atoms with E-state index in [9.17, 15) is 9.59 Å². The highest BCUT2D eigenvalue weighted by molar-refractivity contribution is 5.93. The van der Waals surface area contributed by atoms with E-state index in [1.807, 2.05) is 24.3 Å². The maximum absolute atomic E-state index is 12.2. The first-order valence-electron chi connectivity index (χ1n) is 8.13. The number of hydrogen-bond acceptors (Lipinski definition) is 4. The Hall–Kier alpha value is -3.03. The average Bonchev–Trinajstić information content (AvgIpc) is 3.04. The van der Waals surface area contributed by atoms with E-state index in [0.717, 1.165) is 17.7 Å². The van der Waals surface area contributed by atoms with Gasteiger partial charge in [0.1, 0.15) is 18.1 Å². The predicted molar refractivity (Wildman–Crippen MR) is 92.5 cm³/mol. The minimum atomic E-state index is -0.242. The van der Waals surface area contributed by atoms with E-state index >= 15 is 0 Å². The molecule has 2 aromatic rings. The average molecular weight is 343 g/mol. The van der Waals surface area contributed by atoms with Crippen molar-refractivity contribution in [2.75, 3.05) is 32.1 Å². The van der Waals surface area contributed by atoms with Gasteiger partial charge in [-0.15, -0.1) is 0 Å². The molecule has 0 radical (unpaired) electrons. The molecule has 1 saturated heterocycles. The summed E-state index contributed by atoms with van der Waals surface area (Å²) in [6.07, 6.45) is 2.47. The topological polar surface area (TPSA) is 88.5 Å². The van der Waals surface area contributed by atoms with Gasteiger partial charge in [0, 0.05) is 19.2 Å². The van der Waals surface area contributed by atoms with Gasteiger partial charge in [-0.05, 0) is 24.1 Å². The first-order chi connectivity index (χ1) is 12.2. The van der Waals surface area contributed by atoms with Gasteiger partial charge in [-0.1, -0.05) is 12.1 Å². The fourth-order valence-electron chi connectivity index (χ4n) is 2.65. The molecule has 8 nitrogen and oxygen atoms in total. The monoisotopic (exact) mass is 343 g/mol. The van der Waals surface area contributed by atoms with E-state index in [1.54, 1.807) is 24.1 Å². The Labute approximate surface area is 145 Å². The number of carbonyl (C=O) groups excluding carboxylic acids is 2. The van der Waals surface area contributed by atoms with Crippen LogP contribution in [0.3, 0.4) is 0 Å². The largest absolute Gasteiger partial charge is 0.497 e. The van der Waals surface area contributed by atoms with Gasteiger partial charge in [0.25, 0.3) is 0 Å². The lowest BCUT2D eigenvalue weighted by Gasteiger charge is -2.26. The zero-order chi connectivity index (χ0) is 17.6. The molecule has 0 aliphatic carbocycles. The molecule has 1 aliphatic heterocycles. The standard InChI is InChI=1S/C17H21N5O3/c1-25-14-5-3-13(4-6-14)11-22-15(7-9-19-22)20-16(23)12-21-10-2-8-18-17(21)24/h3-7,9H,2,8,10-12H2,1H3,(H,18,24)(H,20,23). The third-order valence-electron chi connectivity index (χ3n) is 3.98. The van der Waals surface area contributed by atoms with Crippen molar-refractivity contribution >= 4 is 17.8 Å². The summed E-state index contributed by atoms with van der Waals surface area (Å²) in [5, 5.41) is 9.79. The quantitative estimate of drug-likeness (QED) is 0.827. The van der Waals surface area contributed by atoms with Crippen LogP contribution in [0, 0.1) is 0 Å². The van der Waals surface area contributed by atoms with E-state index in [2.05, 4.69) is 15.7 Å². The molecule has 3 amide bonds. The smallest absolute Gasteiger partial charge is 0.317 e. The lowest BCUT2D eigenvalue weighted by Crippen LogP contribution is -2.49. The molecule has 1 aromatic carbocycles. The first kappa shape index (κ1) is 16.8. The van der Waals surface area contributed by atoms with Crippen molar-refractivity contribution in [3.63, 3.8) is 0 Å². The molecule has 0 bridgehead atoms. The van der Waals surface area contributed by atoms with E-state index in [-0.39, 0.29) is 18.5 Å². The SMILES string of the molecule is COc1ccc(Cn2nccc2NC(=O)CN2CCCNC2=O)cc1. The highest BCUT2D eigenvalue weighted by atomic mass is 16.5. The van der Waals surface area contributed by atoms with Crippen molar-refractivity contribution in [3.8, 4) is 5.75 Å². The number of urea groups is 1. The van der Waals surface area contributed by atoms with E-state index < -0.39 is 0 Å². The first-order valence-corrected chi connectivity index (χ1v) is 8.13. The van der Waals surface area contributed by atoms with Gasteiger partial charge in [0.15, 0.2) is 0 Å². The van der Waals surface area contributed by atoms with Crippen LogP contribution >= 0.6 is 0 Å². The van der Waals surface area contributed by atoms with Gasteiger partial charge in [-0.3, -0.25) is 4.79 Å². The Kier molecular flexibility index (Phi) is 5.17. The summed E-state index contributed by atoms with van der Waals surface area (Å²) >= 11 is 0. The van der Waals surface area contributed by atoms with Gasteiger partial charge in [-0.2, -0.15) is 5.10 Å². The molecule has 25 heavy (non-hydrogen) atoms. The van der Waals surface area contributed by atoms with Gasteiger partial charge < -0.3 is 20.3 Å². The molecule has 1 aromatic heterocycles. The number of hydrogen-bond donors (Lipinski definition) is 2. The third kappa shape index (κ3) is 4.28. The molecular weight excluding hydrogens is 322 g/mol. The van der Waals surface area contributed by atoms with Gasteiger partial charge >= 0.3 is 6.03 Å². The van der Waals surface area contributed by atoms with E-state index in [1.165, 1.54) is 4.90 Å². The highest BCUT2D eigenvalue weighted by Gasteiger charge is 2.20. The number of amides is 3. The van der Waals surface area contributed by atoms with Crippen LogP contribution in [-0.2, 0) is 11.3 Å². The number of methoxy groups -OCH3 is 1. The number of anilines is 1. The zero-order valence-corrected chi connectivity index (χ0v) is 14.1. The normalized spacial score (nSPS) is 14.1. The van der Waals surface area contributed by atoms with Crippen molar-refractivity contribution in [1.82, 2.24) is 20.0 Å². The summed E-state index contributed by atoms with van der Waals surface area (Å²) in [6.45, 7) is 1.80. The molecule has 0 atom stereocenters. The number of ether oxygens (including phenoxy) is 1. The Morgan fingerprint density at radius 3 is 2.84 bits per heavy atom. The molecule has 2 N–H and O–H groups in total. The molecule has 132 valence electrons. The van der Waals surface area contributed by atoms with Crippen molar-refractivity contribution < 1.29 is 14.3 Å². The maximum Gasteiger partial charge on any atom is 0.317 e. The molecule has 1 fully saturated rings. The lowest BCUT2D eigenvalue weighted by molar-refractivity contribution is -0.116. The van der Waals surface area contributed by atoms with Gasteiger partial charge in [0.2, 0.25) is 5.91 Å². The van der Waals surface area contributed by atoms with E-state index in [4.69, 9.17) is 4.74 Å². The third-order valence-corrected chi connectivity index (χ3v) is 3.98. The molecular formula is C17H21N5O3. The summed E-state index contributed by atoms with van der Waals surface area (Å²) in [6, 6.07) is 9.19. The van der Waals surface area contributed by atoms with Crippen LogP contribution in [0.25, 0.3) is 0 Å². The number of aromatic nitrogens is 2. The summed E-state index contributed by atoms with van der Waals surface area (Å²) in [5.41, 5.74) is 1.04. The number of nitrogens with zero attached hydrogens (tertiary/aromatic N) is 3. The van der Waals surface area contributed by atoms with Crippen molar-refractivity contribution in [1.29, 1.82) is 0 Å². The van der Waals surface area contributed by atoms with E-state index in [0.29, 0.717) is 25.5 Å². The zero-order valence-electron chi connectivity index (χ0n) is 14.1. The number of rotatable bonds is 6. The second-order valence-electron chi connectivity index (χ2n) is 5.78. The van der Waals surface area contributed by atoms with Crippen molar-refractivity contribution in [2.24, 2.45) is 0 Å². The van der Waals surface area contributed by atoms with Crippen LogP contribution < -0.4 is 15.4 Å². The molecule has 0 saturated carbocycles. The molecule has 3 rings (SSSR count). The molecule has 0 spiro atoms. The number of nitrogens with one attached hydrogen (secondary N) is 2. The van der Waals surface area contributed by atoms with Crippen molar-refractivity contribution in [2.45, 2.75) is 13.0 Å². The Bertz CT molecular complexity index is 741. The van der Waals surface area contributed by atoms with Crippen LogP contribution in [0.15, 0.2) is 36.5 Å². The minimum absolute atomic E-state index is 0.0273. The lowest BCUT2D eigenvalue weighted by atomic mass is 10.2. The number of carbonyl (C=O) groups is 2. The number of benzene rings is 1. The molecule has 1 aliphatic rings. The predicted octanol–water partition coefficient (Wildman–Crippen LogP) is 1.29. The Balaban J connectivity index is 1.60. The van der Waals surface area contributed by atoms with Gasteiger partial charge in [-0.25, -0.2) is 9.48 Å². The fourth-order valence-corrected chi connectivity index (χ4v) is 2.65. The summed E-state index contributed by atoms with van der Waals surface area (Å²) in [7, 11) is 1.62. The molecule has 0 unspecified atom stereocenters. The second-order valence-corrected chi connectivity index (χ2v) is 5.78. The van der Waals surface area contributed by atoms with Crippen molar-refractivity contribution in [3.05, 3.63) is 42.1 Å². The van der Waals surface area contributed by atoms with Crippen LogP contribution in [0.4, 0.5) is 10.6 Å². The second kappa shape index (κ2) is 7.69. The Morgan fingerprint density at radius 2 is 2.12 bits per heavy atom. The van der Waals surface area contributed by atoms with Crippen LogP contribution in [0.5, 0.6) is 5.75 Å². The van der Waals surface area contributed by atoms with Gasteiger partial charge in [0.05, 0.1) is 19.9 Å². The molecule has 2 heterocycles. The summed E-state index contributed by atoms with van der Waals surface area (Å²) in [5.74, 6) is 1.14. The summed E-state index contributed by atoms with van der Waals surface area (Å²) < 4.78 is 6.85. The highest BCUT2D eigenvalue weighted by Crippen LogP contribution is 2.14. The van der Waals surface area contributed by atoms with Crippen LogP contribution in [0.2, 0.25) is 0 Å². The van der Waals surface area contributed by atoms with Crippen LogP contribution in [0.1, 0.15) is 12.0 Å². The molecule has 8 heteroatoms. The minimum Gasteiger partial charge on any atom is -0.497 e. The summed E-state index contributed by atoms with van der Waals surface area (Å²) in [4.78, 5) is 25.4.